The number of carbonyl (C=O) groups excluding carboxylic acids is 3. The number of nitrogens with one attached hydrogen (secondary N) is 2. The Hall–Kier alpha value is -4.50. The fraction of sp³-hybridized carbons (Fsp3) is 0.233. The maximum Gasteiger partial charge on any atom is 0.257 e. The minimum absolute atomic E-state index is 0.251. The molecule has 0 aliphatic carbocycles. The van der Waals surface area contributed by atoms with E-state index in [1.165, 1.54) is 6.07 Å². The molecule has 1 atom stereocenters. The van der Waals surface area contributed by atoms with E-state index in [1.54, 1.807) is 42.6 Å². The fourth-order valence-corrected chi connectivity index (χ4v) is 4.73. The van der Waals surface area contributed by atoms with E-state index in [0.717, 1.165) is 30.9 Å². The number of likely N-dealkylation sites (tertiary alicyclic amines) is 1. The van der Waals surface area contributed by atoms with Gasteiger partial charge in [0.1, 0.15) is 11.9 Å². The van der Waals surface area contributed by atoms with E-state index in [4.69, 9.17) is 10.5 Å². The number of benzene rings is 3. The van der Waals surface area contributed by atoms with Gasteiger partial charge >= 0.3 is 0 Å². The van der Waals surface area contributed by atoms with Gasteiger partial charge in [-0.05, 0) is 55.3 Å². The second-order valence-electron chi connectivity index (χ2n) is 9.60. The van der Waals surface area contributed by atoms with Crippen LogP contribution < -0.4 is 21.1 Å². The molecule has 1 fully saturated rings. The van der Waals surface area contributed by atoms with E-state index in [9.17, 15) is 18.8 Å². The number of halogens is 1. The fourth-order valence-electron chi connectivity index (χ4n) is 4.73. The Balaban J connectivity index is 1.19. The molecule has 0 radical (unpaired) electrons. The number of hydrogen-bond donors (Lipinski definition) is 3. The van der Waals surface area contributed by atoms with Crippen LogP contribution in [0.2, 0.25) is 0 Å². The summed E-state index contributed by atoms with van der Waals surface area (Å²) in [5, 5.41) is 5.94. The quantitative estimate of drug-likeness (QED) is 0.206. The highest BCUT2D eigenvalue weighted by molar-refractivity contribution is 6.32. The van der Waals surface area contributed by atoms with Gasteiger partial charge in [0.2, 0.25) is 5.91 Å². The highest BCUT2D eigenvalue weighted by atomic mass is 19.1. The molecule has 2 heterocycles. The van der Waals surface area contributed by atoms with Crippen molar-refractivity contribution in [2.45, 2.75) is 19.0 Å². The molecule has 4 N–H and O–H groups in total. The Morgan fingerprint density at radius 1 is 1.08 bits per heavy atom. The average Bonchev–Trinajstić information content (AvgIpc) is 3.50. The zero-order valence-corrected chi connectivity index (χ0v) is 21.3. The van der Waals surface area contributed by atoms with Crippen LogP contribution >= 0.6 is 0 Å². The lowest BCUT2D eigenvalue weighted by Crippen LogP contribution is -2.23. The number of anilines is 2. The van der Waals surface area contributed by atoms with Crippen molar-refractivity contribution >= 4 is 34.5 Å². The van der Waals surface area contributed by atoms with Crippen LogP contribution in [0.4, 0.5) is 15.8 Å². The van der Waals surface area contributed by atoms with Crippen LogP contribution in [-0.2, 0) is 4.79 Å². The van der Waals surface area contributed by atoms with Gasteiger partial charge in [-0.15, -0.1) is 0 Å². The summed E-state index contributed by atoms with van der Waals surface area (Å²) < 4.78 is 19.0. The van der Waals surface area contributed by atoms with Gasteiger partial charge in [0.05, 0.1) is 12.2 Å². The maximum atomic E-state index is 13.2. The molecule has 1 unspecified atom stereocenters. The second-order valence-corrected chi connectivity index (χ2v) is 9.60. The van der Waals surface area contributed by atoms with Gasteiger partial charge in [0, 0.05) is 59.5 Å². The monoisotopic (exact) mass is 528 g/mol. The first-order valence-electron chi connectivity index (χ1n) is 12.8. The molecule has 0 aromatic heterocycles. The van der Waals surface area contributed by atoms with Crippen LogP contribution in [0.5, 0.6) is 5.75 Å². The summed E-state index contributed by atoms with van der Waals surface area (Å²) in [5.74, 6) is -0.436. The molecule has 1 saturated heterocycles. The third kappa shape index (κ3) is 6.15. The topological polar surface area (TPSA) is 114 Å². The SMILES string of the molecule is NC(=O)c1cccc(C(=O)c2ccc3c(c2)NC(=O)C3=CNc2ccc(OCCCN3CCC(F)C3)cc2)c1. The lowest BCUT2D eigenvalue weighted by Gasteiger charge is -2.14. The average molecular weight is 529 g/mol. The zero-order chi connectivity index (χ0) is 27.4. The van der Waals surface area contributed by atoms with Gasteiger partial charge in [0.25, 0.3) is 5.91 Å². The van der Waals surface area contributed by atoms with Crippen LogP contribution in [0.3, 0.4) is 0 Å². The molecule has 0 bridgehead atoms. The largest absolute Gasteiger partial charge is 0.494 e. The minimum Gasteiger partial charge on any atom is -0.494 e. The third-order valence-corrected chi connectivity index (χ3v) is 6.81. The first kappa shape index (κ1) is 26.1. The summed E-state index contributed by atoms with van der Waals surface area (Å²) in [6, 6.07) is 18.6. The van der Waals surface area contributed by atoms with Gasteiger partial charge in [-0.2, -0.15) is 0 Å². The Bertz CT molecular complexity index is 1440. The first-order valence-corrected chi connectivity index (χ1v) is 12.8. The van der Waals surface area contributed by atoms with Crippen molar-refractivity contribution in [1.29, 1.82) is 0 Å². The van der Waals surface area contributed by atoms with Crippen molar-refractivity contribution in [2.75, 3.05) is 36.9 Å². The van der Waals surface area contributed by atoms with Gasteiger partial charge in [0.15, 0.2) is 5.78 Å². The van der Waals surface area contributed by atoms with Crippen LogP contribution in [0.1, 0.15) is 44.7 Å². The van der Waals surface area contributed by atoms with Crippen LogP contribution in [-0.4, -0.2) is 54.9 Å². The van der Waals surface area contributed by atoms with Crippen LogP contribution in [0.25, 0.3) is 5.57 Å². The number of ether oxygens (including phenoxy) is 1. The molecule has 9 heteroatoms. The molecule has 3 aromatic carbocycles. The predicted octanol–water partition coefficient (Wildman–Crippen LogP) is 4.23. The lowest BCUT2D eigenvalue weighted by molar-refractivity contribution is -0.110. The summed E-state index contributed by atoms with van der Waals surface area (Å²) in [4.78, 5) is 39.2. The molecule has 200 valence electrons. The van der Waals surface area contributed by atoms with E-state index in [2.05, 4.69) is 15.5 Å². The Kier molecular flexibility index (Phi) is 7.69. The third-order valence-electron chi connectivity index (χ3n) is 6.81. The van der Waals surface area contributed by atoms with Gasteiger partial charge < -0.3 is 26.0 Å². The van der Waals surface area contributed by atoms with E-state index < -0.39 is 12.1 Å². The highest BCUT2D eigenvalue weighted by Gasteiger charge is 2.25. The zero-order valence-electron chi connectivity index (χ0n) is 21.3. The molecular weight excluding hydrogens is 499 g/mol. The molecular formula is C30H29FN4O4. The summed E-state index contributed by atoms with van der Waals surface area (Å²) in [5.41, 5.74) is 8.72. The first-order chi connectivity index (χ1) is 18.9. The van der Waals surface area contributed by atoms with Crippen molar-refractivity contribution < 1.29 is 23.5 Å². The summed E-state index contributed by atoms with van der Waals surface area (Å²) in [6.45, 7) is 2.72. The summed E-state index contributed by atoms with van der Waals surface area (Å²) in [6.07, 6.45) is 2.38. The van der Waals surface area contributed by atoms with Gasteiger partial charge in [-0.1, -0.05) is 24.3 Å². The molecule has 0 saturated carbocycles. The van der Waals surface area contributed by atoms with E-state index in [1.807, 2.05) is 24.3 Å². The van der Waals surface area contributed by atoms with Crippen molar-refractivity contribution in [2.24, 2.45) is 5.73 Å². The van der Waals surface area contributed by atoms with Crippen LogP contribution in [0, 0.1) is 0 Å². The number of fused-ring (bicyclic) bond motifs is 1. The number of carbonyl (C=O) groups is 3. The lowest BCUT2D eigenvalue weighted by atomic mass is 9.98. The predicted molar refractivity (Wildman–Crippen MR) is 148 cm³/mol. The van der Waals surface area contributed by atoms with Crippen molar-refractivity contribution in [1.82, 2.24) is 4.90 Å². The standard InChI is InChI=1S/C30H29FN4O4/c31-22-11-13-35(18-22)12-2-14-39-24-8-6-23(7-9-24)33-17-26-25-10-5-20(16-27(25)34-30(26)38)28(36)19-3-1-4-21(15-19)29(32)37/h1,3-10,15-17,22,33H,2,11-14,18H2,(H2,32,37)(H,34,38). The van der Waals surface area contributed by atoms with Crippen molar-refractivity contribution in [3.05, 3.63) is 95.2 Å². The summed E-state index contributed by atoms with van der Waals surface area (Å²) in [7, 11) is 0. The smallest absolute Gasteiger partial charge is 0.257 e. The Morgan fingerprint density at radius 2 is 1.85 bits per heavy atom. The molecule has 2 aliphatic rings. The minimum atomic E-state index is -0.703. The maximum absolute atomic E-state index is 13.2. The molecule has 5 rings (SSSR count). The number of hydrogen-bond acceptors (Lipinski definition) is 6. The van der Waals surface area contributed by atoms with Gasteiger partial charge in [-0.3, -0.25) is 14.4 Å². The highest BCUT2D eigenvalue weighted by Crippen LogP contribution is 2.33. The normalized spacial score (nSPS) is 17.6. The Morgan fingerprint density at radius 3 is 2.59 bits per heavy atom. The van der Waals surface area contributed by atoms with Crippen molar-refractivity contribution in [3.8, 4) is 5.75 Å². The molecule has 8 nitrogen and oxygen atoms in total. The number of nitrogens with two attached hydrogens (primary N) is 1. The van der Waals surface area contributed by atoms with Gasteiger partial charge in [-0.25, -0.2) is 4.39 Å². The van der Waals surface area contributed by atoms with Crippen molar-refractivity contribution in [3.63, 3.8) is 0 Å². The molecule has 2 amide bonds. The van der Waals surface area contributed by atoms with E-state index >= 15 is 0 Å². The molecule has 39 heavy (non-hydrogen) atoms. The molecule has 0 spiro atoms. The molecule has 2 aliphatic heterocycles. The second kappa shape index (κ2) is 11.5. The number of ketones is 1. The number of nitrogens with zero attached hydrogens (tertiary/aromatic N) is 1. The van der Waals surface area contributed by atoms with E-state index in [-0.39, 0.29) is 17.3 Å². The van der Waals surface area contributed by atoms with Crippen LogP contribution in [0.15, 0.2) is 72.9 Å². The molecule has 3 aromatic rings. The number of primary amides is 1. The Labute approximate surface area is 225 Å². The number of rotatable bonds is 10. The number of alkyl halides is 1. The summed E-state index contributed by atoms with van der Waals surface area (Å²) >= 11 is 0. The van der Waals surface area contributed by atoms with E-state index in [0.29, 0.717) is 47.5 Å². The number of amides is 2.